The molecule has 0 bridgehead atoms. The minimum Gasteiger partial charge on any atom is -0.432 e. The van der Waals surface area contributed by atoms with Gasteiger partial charge in [-0.15, -0.1) is 0 Å². The van der Waals surface area contributed by atoms with Crippen molar-refractivity contribution in [2.24, 2.45) is 11.1 Å². The Bertz CT molecular complexity index is 1490. The molecule has 2 aromatic heterocycles. The number of ketones is 1. The third-order valence-electron chi connectivity index (χ3n) is 5.74. The average molecular weight is 545 g/mol. The van der Waals surface area contributed by atoms with Gasteiger partial charge in [0.2, 0.25) is 11.5 Å². The summed E-state index contributed by atoms with van der Waals surface area (Å²) in [5.74, 6) is -0.263. The monoisotopic (exact) mass is 543 g/mol. The Labute approximate surface area is 223 Å². The number of urea groups is 1. The highest BCUT2D eigenvalue weighted by atomic mass is 35.5. The minimum atomic E-state index is -0.777. The zero-order valence-electron chi connectivity index (χ0n) is 20.2. The van der Waals surface area contributed by atoms with Crippen LogP contribution in [0, 0.1) is 5.41 Å². The molecule has 0 saturated carbocycles. The number of furan rings is 1. The van der Waals surface area contributed by atoms with Crippen molar-refractivity contribution >= 4 is 63.4 Å². The number of pyridine rings is 1. The largest absolute Gasteiger partial charge is 0.432 e. The molecular weight excluding hydrogens is 521 g/mol. The van der Waals surface area contributed by atoms with Gasteiger partial charge in [0.1, 0.15) is 5.69 Å². The number of primary amides is 1. The van der Waals surface area contributed by atoms with Gasteiger partial charge < -0.3 is 10.2 Å². The zero-order chi connectivity index (χ0) is 26.4. The molecule has 4 rings (SSSR count). The summed E-state index contributed by atoms with van der Waals surface area (Å²) in [6.45, 7) is 7.33. The SMILES string of the molecule is CCN(C(N)=O)c1c(C(=O)C(C)(C)C)oc2nc(-c3ccc(Cl)cc3Cl)c(-c3ccc(Cl)cc3)cc12. The van der Waals surface area contributed by atoms with Crippen molar-refractivity contribution < 1.29 is 14.0 Å². The van der Waals surface area contributed by atoms with E-state index >= 15 is 0 Å². The number of rotatable bonds is 5. The van der Waals surface area contributed by atoms with E-state index in [0.29, 0.717) is 37.3 Å². The standard InChI is InChI=1S/C27H24Cl3N3O3/c1-5-33(26(31)35)22-19-13-18(14-6-8-15(28)9-7-14)21(17-11-10-16(29)12-20(17)30)32-25(19)36-23(22)24(34)27(2,3)4/h6-13H,5H2,1-4H3,(H2,31,35). The third kappa shape index (κ3) is 4.81. The molecule has 0 spiro atoms. The quantitative estimate of drug-likeness (QED) is 0.256. The lowest BCUT2D eigenvalue weighted by Gasteiger charge is -2.21. The van der Waals surface area contributed by atoms with Crippen molar-refractivity contribution in [3.63, 3.8) is 0 Å². The molecule has 0 aliphatic carbocycles. The van der Waals surface area contributed by atoms with Crippen molar-refractivity contribution in [3.8, 4) is 22.4 Å². The van der Waals surface area contributed by atoms with Crippen molar-refractivity contribution in [1.82, 2.24) is 4.98 Å². The fourth-order valence-corrected chi connectivity index (χ4v) is 4.56. The highest BCUT2D eigenvalue weighted by Crippen LogP contribution is 2.43. The van der Waals surface area contributed by atoms with Crippen LogP contribution < -0.4 is 10.6 Å². The number of fused-ring (bicyclic) bond motifs is 1. The van der Waals surface area contributed by atoms with Crippen LogP contribution in [-0.4, -0.2) is 23.3 Å². The van der Waals surface area contributed by atoms with Crippen LogP contribution in [0.1, 0.15) is 38.2 Å². The number of nitrogens with two attached hydrogens (primary N) is 1. The van der Waals surface area contributed by atoms with E-state index in [4.69, 9.17) is 49.9 Å². The number of aromatic nitrogens is 1. The highest BCUT2D eigenvalue weighted by Gasteiger charge is 2.34. The molecule has 0 fully saturated rings. The number of amides is 2. The molecule has 2 amide bonds. The maximum atomic E-state index is 13.4. The predicted octanol–water partition coefficient (Wildman–Crippen LogP) is 8.26. The van der Waals surface area contributed by atoms with Gasteiger partial charge in [0.15, 0.2) is 5.76 Å². The van der Waals surface area contributed by atoms with Crippen LogP contribution in [0.5, 0.6) is 0 Å². The van der Waals surface area contributed by atoms with Gasteiger partial charge in [0.05, 0.1) is 16.1 Å². The van der Waals surface area contributed by atoms with E-state index in [9.17, 15) is 9.59 Å². The summed E-state index contributed by atoms with van der Waals surface area (Å²) in [5, 5.41) is 1.93. The number of carbonyl (C=O) groups is 2. The molecule has 0 saturated heterocycles. The lowest BCUT2D eigenvalue weighted by atomic mass is 9.88. The Morgan fingerprint density at radius 3 is 2.17 bits per heavy atom. The van der Waals surface area contributed by atoms with Gasteiger partial charge in [0, 0.05) is 33.1 Å². The molecule has 2 heterocycles. The number of benzene rings is 2. The van der Waals surface area contributed by atoms with Crippen molar-refractivity contribution in [3.05, 3.63) is 69.4 Å². The Kier molecular flexibility index (Phi) is 7.06. The first-order chi connectivity index (χ1) is 16.9. The molecule has 0 atom stereocenters. The van der Waals surface area contributed by atoms with E-state index in [1.54, 1.807) is 58.0 Å². The smallest absolute Gasteiger partial charge is 0.319 e. The van der Waals surface area contributed by atoms with E-state index in [2.05, 4.69) is 0 Å². The van der Waals surface area contributed by atoms with Crippen LogP contribution >= 0.6 is 34.8 Å². The third-order valence-corrected chi connectivity index (χ3v) is 6.54. The predicted molar refractivity (Wildman–Crippen MR) is 146 cm³/mol. The van der Waals surface area contributed by atoms with Gasteiger partial charge >= 0.3 is 6.03 Å². The summed E-state index contributed by atoms with van der Waals surface area (Å²) in [6.07, 6.45) is 0. The summed E-state index contributed by atoms with van der Waals surface area (Å²) in [6, 6.07) is 13.5. The second kappa shape index (κ2) is 9.77. The molecule has 9 heteroatoms. The molecule has 0 unspecified atom stereocenters. The van der Waals surface area contributed by atoms with Gasteiger partial charge in [-0.3, -0.25) is 9.69 Å². The molecule has 36 heavy (non-hydrogen) atoms. The van der Waals surface area contributed by atoms with Gasteiger partial charge in [0.25, 0.3) is 0 Å². The van der Waals surface area contributed by atoms with Crippen molar-refractivity contribution in [1.29, 1.82) is 0 Å². The minimum absolute atomic E-state index is 0.0204. The van der Waals surface area contributed by atoms with E-state index in [1.165, 1.54) is 4.90 Å². The number of nitrogens with zero attached hydrogens (tertiary/aromatic N) is 2. The van der Waals surface area contributed by atoms with E-state index in [1.807, 2.05) is 18.2 Å². The van der Waals surface area contributed by atoms with Crippen molar-refractivity contribution in [2.75, 3.05) is 11.4 Å². The summed E-state index contributed by atoms with van der Waals surface area (Å²) < 4.78 is 6.06. The summed E-state index contributed by atoms with van der Waals surface area (Å²) in [5.41, 5.74) is 8.02. The molecule has 0 aliphatic rings. The first-order valence-corrected chi connectivity index (χ1v) is 12.4. The zero-order valence-corrected chi connectivity index (χ0v) is 22.4. The van der Waals surface area contributed by atoms with E-state index in [0.717, 1.165) is 5.56 Å². The van der Waals surface area contributed by atoms with Gasteiger partial charge in [-0.25, -0.2) is 9.78 Å². The van der Waals surface area contributed by atoms with Crippen LogP contribution in [0.25, 0.3) is 33.5 Å². The topological polar surface area (TPSA) is 89.4 Å². The number of hydrogen-bond acceptors (Lipinski definition) is 4. The van der Waals surface area contributed by atoms with Crippen LogP contribution in [0.15, 0.2) is 52.9 Å². The molecule has 2 N–H and O–H groups in total. The molecule has 4 aromatic rings. The summed E-state index contributed by atoms with van der Waals surface area (Å²) in [7, 11) is 0. The second-order valence-corrected chi connectivity index (χ2v) is 10.6. The van der Waals surface area contributed by atoms with Crippen molar-refractivity contribution in [2.45, 2.75) is 27.7 Å². The molecule has 2 aromatic carbocycles. The number of halogens is 3. The molecule has 186 valence electrons. The Hall–Kier alpha value is -3.06. The van der Waals surface area contributed by atoms with Crippen LogP contribution in [0.3, 0.4) is 0 Å². The fourth-order valence-electron chi connectivity index (χ4n) is 3.93. The average Bonchev–Trinajstić information content (AvgIpc) is 3.16. The number of hydrogen-bond donors (Lipinski definition) is 1. The number of anilines is 1. The first-order valence-electron chi connectivity index (χ1n) is 11.2. The van der Waals surface area contributed by atoms with Gasteiger partial charge in [-0.05, 0) is 48.9 Å². The van der Waals surface area contributed by atoms with Crippen LogP contribution in [-0.2, 0) is 0 Å². The summed E-state index contributed by atoms with van der Waals surface area (Å²) in [4.78, 5) is 31.9. The maximum absolute atomic E-state index is 13.4. The van der Waals surface area contributed by atoms with E-state index in [-0.39, 0.29) is 29.5 Å². The molecule has 6 nitrogen and oxygen atoms in total. The Balaban J connectivity index is 2.13. The summed E-state index contributed by atoms with van der Waals surface area (Å²) >= 11 is 18.8. The normalized spacial score (nSPS) is 11.6. The number of carbonyl (C=O) groups excluding carboxylic acids is 2. The Morgan fingerprint density at radius 1 is 0.972 bits per heavy atom. The maximum Gasteiger partial charge on any atom is 0.319 e. The van der Waals surface area contributed by atoms with E-state index < -0.39 is 11.4 Å². The lowest BCUT2D eigenvalue weighted by molar-refractivity contribution is 0.0831. The second-order valence-electron chi connectivity index (χ2n) is 9.31. The fraction of sp³-hybridized carbons (Fsp3) is 0.222. The number of Topliss-reactive ketones (excluding diaryl/α,β-unsaturated/α-hetero) is 1. The van der Waals surface area contributed by atoms with Crippen LogP contribution in [0.4, 0.5) is 10.5 Å². The molecule has 0 aliphatic heterocycles. The van der Waals surface area contributed by atoms with Crippen LogP contribution in [0.2, 0.25) is 15.1 Å². The lowest BCUT2D eigenvalue weighted by Crippen LogP contribution is -2.36. The van der Waals surface area contributed by atoms with Gasteiger partial charge in [-0.2, -0.15) is 0 Å². The Morgan fingerprint density at radius 2 is 1.61 bits per heavy atom. The molecular formula is C27H24Cl3N3O3. The first kappa shape index (κ1) is 26.0. The molecule has 0 radical (unpaired) electrons. The highest BCUT2D eigenvalue weighted by molar-refractivity contribution is 6.36. The van der Waals surface area contributed by atoms with Gasteiger partial charge in [-0.1, -0.05) is 67.7 Å².